The summed E-state index contributed by atoms with van der Waals surface area (Å²) in [6.45, 7) is 5.81. The Morgan fingerprint density at radius 3 is 1.86 bits per heavy atom. The van der Waals surface area contributed by atoms with E-state index in [9.17, 15) is 0 Å². The van der Waals surface area contributed by atoms with E-state index in [1.54, 1.807) is 0 Å². The van der Waals surface area contributed by atoms with E-state index in [2.05, 4.69) is 10.1 Å². The molecule has 0 saturated heterocycles. The van der Waals surface area contributed by atoms with Gasteiger partial charge in [0.1, 0.15) is 0 Å². The summed E-state index contributed by atoms with van der Waals surface area (Å²) in [6, 6.07) is 0. The number of hydrogen-bond acceptors (Lipinski definition) is 1. The van der Waals surface area contributed by atoms with E-state index < -0.39 is 8.32 Å². The maximum Gasteiger partial charge on any atom is 0.436 e. The quantitative estimate of drug-likeness (QED) is 0.380. The summed E-state index contributed by atoms with van der Waals surface area (Å²) >= 11 is 0. The monoisotopic (exact) mass is 117 g/mol. The van der Waals surface area contributed by atoms with Gasteiger partial charge >= 0.3 is 11.4 Å². The first-order valence-electron chi connectivity index (χ1n) is 2.09. The van der Waals surface area contributed by atoms with E-state index >= 15 is 0 Å². The second-order valence-electron chi connectivity index (χ2n) is 2.29. The molecule has 3 nitrogen and oxygen atoms in total. The molecular formula is C3H9N2OSi+. The van der Waals surface area contributed by atoms with Gasteiger partial charge in [-0.05, 0) is 19.6 Å². The maximum absolute atomic E-state index is 7.84. The minimum absolute atomic E-state index is 1.57. The zero-order chi connectivity index (χ0) is 5.91. The predicted octanol–water partition coefficient (Wildman–Crippen LogP) is 0.341. The molecule has 0 fully saturated rings. The van der Waals surface area contributed by atoms with Crippen LogP contribution in [-0.2, 0) is 4.53 Å². The summed E-state index contributed by atoms with van der Waals surface area (Å²) in [5, 5.41) is 0. The van der Waals surface area contributed by atoms with Gasteiger partial charge < -0.3 is 0 Å². The molecule has 0 aliphatic carbocycles. The standard InChI is InChI=1S/C3H9N2OSi/c1-7(2,3)6-5-4/h1-3H3/q+1. The van der Waals surface area contributed by atoms with E-state index in [0.29, 0.717) is 0 Å². The SMILES string of the molecule is C[Si](C)(C)O[N+][N]. The van der Waals surface area contributed by atoms with Crippen LogP contribution >= 0.6 is 0 Å². The minimum atomic E-state index is -1.57. The topological polar surface area (TPSA) is 45.6 Å². The molecule has 0 rings (SSSR count). The normalized spacial score (nSPS) is 12.0. The van der Waals surface area contributed by atoms with Gasteiger partial charge in [-0.25, -0.2) is 0 Å². The highest BCUT2D eigenvalue weighted by atomic mass is 28.4. The molecule has 0 saturated carbocycles. The van der Waals surface area contributed by atoms with Crippen LogP contribution < -0.4 is 11.4 Å². The molecule has 0 atom stereocenters. The van der Waals surface area contributed by atoms with Gasteiger partial charge in [0.15, 0.2) is 0 Å². The molecule has 0 aliphatic heterocycles. The molecule has 7 heavy (non-hydrogen) atoms. The van der Waals surface area contributed by atoms with Gasteiger partial charge in [0.2, 0.25) is 0 Å². The summed E-state index contributed by atoms with van der Waals surface area (Å²) in [4.78, 5) is 0. The van der Waals surface area contributed by atoms with Gasteiger partial charge in [0, 0.05) is 0 Å². The fourth-order valence-corrected chi connectivity index (χ4v) is 0.367. The Morgan fingerprint density at radius 2 is 1.86 bits per heavy atom. The van der Waals surface area contributed by atoms with Crippen LogP contribution in [0.1, 0.15) is 0 Å². The zero-order valence-corrected chi connectivity index (χ0v) is 5.80. The first kappa shape index (κ1) is 7.10. The molecule has 0 N–H and O–H groups in total. The van der Waals surface area contributed by atoms with E-state index in [1.807, 2.05) is 19.6 Å². The third-order valence-electron chi connectivity index (χ3n) is 0.315. The van der Waals surface area contributed by atoms with Crippen molar-refractivity contribution >= 4 is 8.32 Å². The van der Waals surface area contributed by atoms with E-state index in [4.69, 9.17) is 5.84 Å². The second-order valence-corrected chi connectivity index (χ2v) is 6.69. The lowest BCUT2D eigenvalue weighted by atomic mass is 11.8. The van der Waals surface area contributed by atoms with Crippen LogP contribution in [0.25, 0.3) is 0 Å². The molecule has 4 radical (unpaired) electrons. The summed E-state index contributed by atoms with van der Waals surface area (Å²) in [6.07, 6.45) is 0. The predicted molar refractivity (Wildman–Crippen MR) is 28.7 cm³/mol. The lowest BCUT2D eigenvalue weighted by Crippen LogP contribution is -2.28. The summed E-state index contributed by atoms with van der Waals surface area (Å²) in [7, 11) is -1.57. The van der Waals surface area contributed by atoms with Crippen LogP contribution in [0, 0.1) is 0 Å². The van der Waals surface area contributed by atoms with Crippen LogP contribution in [0.15, 0.2) is 0 Å². The van der Waals surface area contributed by atoms with E-state index in [1.165, 1.54) is 0 Å². The largest absolute Gasteiger partial charge is 0.436 e. The third kappa shape index (κ3) is 6.10. The number of rotatable bonds is 2. The molecule has 0 aliphatic rings. The van der Waals surface area contributed by atoms with Crippen molar-refractivity contribution < 1.29 is 4.53 Å². The molecule has 0 spiro atoms. The van der Waals surface area contributed by atoms with Crippen LogP contribution in [0.2, 0.25) is 19.6 Å². The van der Waals surface area contributed by atoms with E-state index in [0.717, 1.165) is 0 Å². The van der Waals surface area contributed by atoms with E-state index in [-0.39, 0.29) is 0 Å². The minimum Gasteiger partial charge on any atom is -0.120 e. The van der Waals surface area contributed by atoms with Crippen molar-refractivity contribution in [2.45, 2.75) is 19.6 Å². The average molecular weight is 117 g/mol. The molecule has 0 unspecified atom stereocenters. The van der Waals surface area contributed by atoms with Crippen molar-refractivity contribution in [3.63, 3.8) is 0 Å². The number of nitrogens with zero attached hydrogens (tertiary/aromatic N) is 2. The summed E-state index contributed by atoms with van der Waals surface area (Å²) < 4.78 is 4.55. The molecule has 0 aromatic rings. The highest BCUT2D eigenvalue weighted by Gasteiger charge is 2.24. The molecule has 40 valence electrons. The van der Waals surface area contributed by atoms with Crippen molar-refractivity contribution in [3.8, 4) is 0 Å². The molecule has 0 aromatic carbocycles. The Bertz CT molecular complexity index is 51.4. The van der Waals surface area contributed by atoms with Gasteiger partial charge in [-0.3, -0.25) is 0 Å². The second kappa shape index (κ2) is 2.42. The molecule has 0 amide bonds. The van der Waals surface area contributed by atoms with Gasteiger partial charge in [-0.1, -0.05) is 0 Å². The van der Waals surface area contributed by atoms with Crippen LogP contribution in [-0.4, -0.2) is 8.32 Å². The lowest BCUT2D eigenvalue weighted by Gasteiger charge is -1.99. The Balaban J connectivity index is 3.15. The van der Waals surface area contributed by atoms with Crippen molar-refractivity contribution in [1.29, 1.82) is 0 Å². The summed E-state index contributed by atoms with van der Waals surface area (Å²) in [5.41, 5.74) is 2.57. The first-order valence-corrected chi connectivity index (χ1v) is 5.49. The molecule has 0 bridgehead atoms. The van der Waals surface area contributed by atoms with Gasteiger partial charge in [0.25, 0.3) is 8.32 Å². The highest BCUT2D eigenvalue weighted by molar-refractivity contribution is 6.69. The maximum atomic E-state index is 7.84. The third-order valence-corrected chi connectivity index (χ3v) is 0.944. The molecular weight excluding hydrogens is 108 g/mol. The fraction of sp³-hybridized carbons (Fsp3) is 1.00. The van der Waals surface area contributed by atoms with Crippen LogP contribution in [0.5, 0.6) is 0 Å². The number of hydrogen-bond donors (Lipinski definition) is 0. The van der Waals surface area contributed by atoms with Crippen molar-refractivity contribution in [3.05, 3.63) is 0 Å². The lowest BCUT2D eigenvalue weighted by molar-refractivity contribution is 0.171. The molecule has 4 heteroatoms. The molecule has 0 heterocycles. The smallest absolute Gasteiger partial charge is 0.120 e. The molecule has 0 aromatic heterocycles. The Labute approximate surface area is 44.9 Å². The van der Waals surface area contributed by atoms with Crippen LogP contribution in [0.4, 0.5) is 0 Å². The van der Waals surface area contributed by atoms with Gasteiger partial charge in [0.05, 0.1) is 0 Å². The van der Waals surface area contributed by atoms with Gasteiger partial charge in [-0.2, -0.15) is 0 Å². The highest BCUT2D eigenvalue weighted by Crippen LogP contribution is 1.97. The van der Waals surface area contributed by atoms with Crippen LogP contribution in [0.3, 0.4) is 0 Å². The zero-order valence-electron chi connectivity index (χ0n) is 4.80. The Hall–Kier alpha value is 0.0969. The summed E-state index contributed by atoms with van der Waals surface area (Å²) in [5.74, 6) is 7.84. The average Bonchev–Trinajstić information content (AvgIpc) is 1.30. The van der Waals surface area contributed by atoms with Crippen molar-refractivity contribution in [2.75, 3.05) is 0 Å². The Morgan fingerprint density at radius 1 is 1.43 bits per heavy atom. The Kier molecular flexibility index (Phi) is 2.45. The van der Waals surface area contributed by atoms with Gasteiger partial charge in [-0.15, -0.1) is 4.53 Å². The fourth-order valence-electron chi connectivity index (χ4n) is 0.122. The van der Waals surface area contributed by atoms with Crippen molar-refractivity contribution in [1.82, 2.24) is 11.4 Å². The first-order chi connectivity index (χ1) is 3.06. The van der Waals surface area contributed by atoms with Crippen molar-refractivity contribution in [2.24, 2.45) is 0 Å².